The summed E-state index contributed by atoms with van der Waals surface area (Å²) in [6.45, 7) is 4.28. The summed E-state index contributed by atoms with van der Waals surface area (Å²) in [5.74, 6) is 0.419. The molecule has 0 N–H and O–H groups in total. The van der Waals surface area contributed by atoms with Crippen LogP contribution in [0.15, 0.2) is 11.1 Å². The second-order valence-corrected chi connectivity index (χ2v) is 2.95. The van der Waals surface area contributed by atoms with Crippen LogP contribution in [0.2, 0.25) is 0 Å². The predicted octanol–water partition coefficient (Wildman–Crippen LogP) is 2.47. The molecular formula is C9H14O. The lowest BCUT2D eigenvalue weighted by Gasteiger charge is -1.99. The van der Waals surface area contributed by atoms with Gasteiger partial charge in [-0.3, -0.25) is 4.79 Å². The summed E-state index contributed by atoms with van der Waals surface area (Å²) in [6, 6.07) is 0. The van der Waals surface area contributed by atoms with Crippen molar-refractivity contribution in [3.05, 3.63) is 11.1 Å². The fourth-order valence-electron chi connectivity index (χ4n) is 1.32. The van der Waals surface area contributed by atoms with Crippen molar-refractivity contribution in [2.24, 2.45) is 0 Å². The van der Waals surface area contributed by atoms with Gasteiger partial charge in [-0.2, -0.15) is 0 Å². The van der Waals surface area contributed by atoms with Crippen molar-refractivity contribution in [2.45, 2.75) is 39.5 Å². The number of ketones is 1. The molecule has 1 aliphatic carbocycles. The average Bonchev–Trinajstić information content (AvgIpc) is 2.34. The van der Waals surface area contributed by atoms with Gasteiger partial charge in [-0.05, 0) is 19.8 Å². The Morgan fingerprint density at radius 3 is 2.60 bits per heavy atom. The summed E-state index contributed by atoms with van der Waals surface area (Å²) in [4.78, 5) is 10.8. The van der Waals surface area contributed by atoms with Gasteiger partial charge >= 0.3 is 0 Å². The number of allylic oxidation sites excluding steroid dienone is 2. The molecule has 0 aromatic rings. The molecule has 0 atom stereocenters. The SMILES string of the molecule is CC/C(C)=C1/CCC(=O)C1. The second-order valence-electron chi connectivity index (χ2n) is 2.95. The summed E-state index contributed by atoms with van der Waals surface area (Å²) in [7, 11) is 0. The monoisotopic (exact) mass is 138 g/mol. The molecule has 1 fully saturated rings. The third-order valence-electron chi connectivity index (χ3n) is 2.25. The molecule has 1 aliphatic rings. The number of hydrogen-bond donors (Lipinski definition) is 0. The number of rotatable bonds is 1. The van der Waals surface area contributed by atoms with E-state index in [1.54, 1.807) is 0 Å². The topological polar surface area (TPSA) is 17.1 Å². The van der Waals surface area contributed by atoms with Gasteiger partial charge in [-0.1, -0.05) is 18.1 Å². The molecule has 56 valence electrons. The quantitative estimate of drug-likeness (QED) is 0.509. The fraction of sp³-hybridized carbons (Fsp3) is 0.667. The minimum absolute atomic E-state index is 0.419. The standard InChI is InChI=1S/C9H14O/c1-3-7(2)8-4-5-9(10)6-8/h3-6H2,1-2H3/b8-7-. The van der Waals surface area contributed by atoms with E-state index in [0.717, 1.165) is 25.7 Å². The summed E-state index contributed by atoms with van der Waals surface area (Å²) in [5, 5.41) is 0. The molecule has 0 aromatic carbocycles. The van der Waals surface area contributed by atoms with Crippen molar-refractivity contribution in [1.82, 2.24) is 0 Å². The molecule has 0 amide bonds. The van der Waals surface area contributed by atoms with Gasteiger partial charge < -0.3 is 0 Å². The Bertz CT molecular complexity index is 177. The molecule has 0 spiro atoms. The van der Waals surface area contributed by atoms with Gasteiger partial charge in [0.15, 0.2) is 0 Å². The van der Waals surface area contributed by atoms with Crippen LogP contribution in [-0.4, -0.2) is 5.78 Å². The number of Topliss-reactive ketones (excluding diaryl/α,β-unsaturated/α-hetero) is 1. The van der Waals surface area contributed by atoms with Crippen LogP contribution in [0.1, 0.15) is 39.5 Å². The molecule has 0 unspecified atom stereocenters. The molecule has 10 heavy (non-hydrogen) atoms. The maximum Gasteiger partial charge on any atom is 0.137 e. The number of hydrogen-bond acceptors (Lipinski definition) is 1. The van der Waals surface area contributed by atoms with E-state index in [2.05, 4.69) is 13.8 Å². The first kappa shape index (κ1) is 7.52. The van der Waals surface area contributed by atoms with Crippen LogP contribution in [0, 0.1) is 0 Å². The zero-order chi connectivity index (χ0) is 7.56. The van der Waals surface area contributed by atoms with Gasteiger partial charge in [0.25, 0.3) is 0 Å². The molecule has 0 aliphatic heterocycles. The molecule has 0 bridgehead atoms. The van der Waals surface area contributed by atoms with Gasteiger partial charge in [-0.15, -0.1) is 0 Å². The molecular weight excluding hydrogens is 124 g/mol. The van der Waals surface area contributed by atoms with Gasteiger partial charge in [0, 0.05) is 12.8 Å². The Labute approximate surface area is 62.1 Å². The highest BCUT2D eigenvalue weighted by molar-refractivity contribution is 5.84. The van der Waals surface area contributed by atoms with Crippen LogP contribution in [0.3, 0.4) is 0 Å². The van der Waals surface area contributed by atoms with E-state index in [0.29, 0.717) is 5.78 Å². The molecule has 1 nitrogen and oxygen atoms in total. The van der Waals surface area contributed by atoms with Crippen molar-refractivity contribution in [2.75, 3.05) is 0 Å². The first-order chi connectivity index (χ1) is 4.74. The summed E-state index contributed by atoms with van der Waals surface area (Å²) in [6.07, 6.45) is 3.65. The summed E-state index contributed by atoms with van der Waals surface area (Å²) < 4.78 is 0. The van der Waals surface area contributed by atoms with Gasteiger partial charge in [0.2, 0.25) is 0 Å². The van der Waals surface area contributed by atoms with Crippen molar-refractivity contribution < 1.29 is 4.79 Å². The van der Waals surface area contributed by atoms with E-state index >= 15 is 0 Å². The van der Waals surface area contributed by atoms with E-state index in [4.69, 9.17) is 0 Å². The molecule has 0 saturated heterocycles. The molecule has 1 rings (SSSR count). The van der Waals surface area contributed by atoms with Crippen LogP contribution < -0.4 is 0 Å². The lowest BCUT2D eigenvalue weighted by Crippen LogP contribution is -1.85. The predicted molar refractivity (Wildman–Crippen MR) is 41.8 cm³/mol. The van der Waals surface area contributed by atoms with Gasteiger partial charge in [0.1, 0.15) is 5.78 Å². The highest BCUT2D eigenvalue weighted by atomic mass is 16.1. The largest absolute Gasteiger partial charge is 0.299 e. The Hall–Kier alpha value is -0.590. The van der Waals surface area contributed by atoms with Crippen LogP contribution in [0.5, 0.6) is 0 Å². The lowest BCUT2D eigenvalue weighted by atomic mass is 10.1. The number of carbonyl (C=O) groups is 1. The first-order valence-corrected chi connectivity index (χ1v) is 3.93. The maximum absolute atomic E-state index is 10.8. The molecule has 0 radical (unpaired) electrons. The van der Waals surface area contributed by atoms with E-state index in [1.165, 1.54) is 11.1 Å². The Morgan fingerprint density at radius 2 is 2.20 bits per heavy atom. The normalized spacial score (nSPS) is 23.6. The van der Waals surface area contributed by atoms with E-state index in [9.17, 15) is 4.79 Å². The number of carbonyl (C=O) groups excluding carboxylic acids is 1. The summed E-state index contributed by atoms with van der Waals surface area (Å²) in [5.41, 5.74) is 2.82. The minimum Gasteiger partial charge on any atom is -0.299 e. The maximum atomic E-state index is 10.8. The zero-order valence-corrected chi connectivity index (χ0v) is 6.74. The van der Waals surface area contributed by atoms with Crippen LogP contribution in [-0.2, 0) is 4.79 Å². The van der Waals surface area contributed by atoms with Crippen LogP contribution in [0.25, 0.3) is 0 Å². The smallest absolute Gasteiger partial charge is 0.137 e. The third kappa shape index (κ3) is 1.47. The zero-order valence-electron chi connectivity index (χ0n) is 6.74. The van der Waals surface area contributed by atoms with Crippen LogP contribution in [0.4, 0.5) is 0 Å². The minimum atomic E-state index is 0.419. The fourth-order valence-corrected chi connectivity index (χ4v) is 1.32. The van der Waals surface area contributed by atoms with E-state index < -0.39 is 0 Å². The molecule has 0 aromatic heterocycles. The third-order valence-corrected chi connectivity index (χ3v) is 2.25. The Kier molecular flexibility index (Phi) is 2.25. The van der Waals surface area contributed by atoms with Gasteiger partial charge in [-0.25, -0.2) is 0 Å². The van der Waals surface area contributed by atoms with Crippen molar-refractivity contribution in [3.63, 3.8) is 0 Å². The van der Waals surface area contributed by atoms with Gasteiger partial charge in [0.05, 0.1) is 0 Å². The van der Waals surface area contributed by atoms with E-state index in [1.807, 2.05) is 0 Å². The highest BCUT2D eigenvalue weighted by Gasteiger charge is 2.16. The Balaban J connectivity index is 2.66. The highest BCUT2D eigenvalue weighted by Crippen LogP contribution is 2.25. The first-order valence-electron chi connectivity index (χ1n) is 3.93. The average molecular weight is 138 g/mol. The molecule has 0 heterocycles. The molecule has 1 heteroatoms. The second kappa shape index (κ2) is 3.00. The Morgan fingerprint density at radius 1 is 1.50 bits per heavy atom. The van der Waals surface area contributed by atoms with Crippen molar-refractivity contribution in [3.8, 4) is 0 Å². The lowest BCUT2D eigenvalue weighted by molar-refractivity contribution is -0.117. The summed E-state index contributed by atoms with van der Waals surface area (Å²) >= 11 is 0. The van der Waals surface area contributed by atoms with E-state index in [-0.39, 0.29) is 0 Å². The van der Waals surface area contributed by atoms with Crippen molar-refractivity contribution >= 4 is 5.78 Å². The van der Waals surface area contributed by atoms with Crippen LogP contribution >= 0.6 is 0 Å². The molecule has 1 saturated carbocycles. The van der Waals surface area contributed by atoms with Crippen molar-refractivity contribution in [1.29, 1.82) is 0 Å².